The predicted molar refractivity (Wildman–Crippen MR) is 115 cm³/mol. The number of anilines is 1. The van der Waals surface area contributed by atoms with Gasteiger partial charge in [-0.25, -0.2) is 0 Å². The van der Waals surface area contributed by atoms with E-state index in [1.165, 1.54) is 0 Å². The van der Waals surface area contributed by atoms with Crippen molar-refractivity contribution in [2.75, 3.05) is 24.0 Å². The Bertz CT molecular complexity index is 939. The van der Waals surface area contributed by atoms with Crippen molar-refractivity contribution in [2.24, 2.45) is 5.92 Å². The van der Waals surface area contributed by atoms with Gasteiger partial charge in [0.2, 0.25) is 11.8 Å². The summed E-state index contributed by atoms with van der Waals surface area (Å²) in [6, 6.07) is 6.95. The number of nitrogens with zero attached hydrogens (tertiary/aromatic N) is 1. The Morgan fingerprint density at radius 1 is 1.21 bits per heavy atom. The van der Waals surface area contributed by atoms with Gasteiger partial charge in [0.15, 0.2) is 5.78 Å². The van der Waals surface area contributed by atoms with Crippen molar-refractivity contribution in [3.8, 4) is 0 Å². The van der Waals surface area contributed by atoms with Gasteiger partial charge in [-0.3, -0.25) is 14.4 Å². The fraction of sp³-hybridized carbons (Fsp3) is 0.409. The molecule has 0 spiro atoms. The molecule has 0 bridgehead atoms. The average Bonchev–Trinajstić information content (AvgIpc) is 3.24. The molecule has 2 amide bonds. The fourth-order valence-electron chi connectivity index (χ4n) is 4.57. The van der Waals surface area contributed by atoms with Gasteiger partial charge in [0.05, 0.1) is 12.0 Å². The zero-order chi connectivity index (χ0) is 20.7. The number of amides is 2. The van der Waals surface area contributed by atoms with Crippen molar-refractivity contribution in [3.63, 3.8) is 0 Å². The number of rotatable bonds is 4. The highest BCUT2D eigenvalue weighted by molar-refractivity contribution is 7.98. The minimum absolute atomic E-state index is 0.0133. The number of likely N-dealkylation sites (N-methyl/N-ethyl adjacent to an activating group) is 1. The molecule has 7 heteroatoms. The molecule has 2 aliphatic heterocycles. The van der Waals surface area contributed by atoms with E-state index in [0.717, 1.165) is 16.9 Å². The lowest BCUT2D eigenvalue weighted by molar-refractivity contribution is -0.126. The summed E-state index contributed by atoms with van der Waals surface area (Å²) in [7, 11) is 1.78. The second-order valence-electron chi connectivity index (χ2n) is 7.79. The van der Waals surface area contributed by atoms with Crippen molar-refractivity contribution in [1.29, 1.82) is 0 Å². The van der Waals surface area contributed by atoms with Crippen LogP contribution in [0.5, 0.6) is 0 Å². The van der Waals surface area contributed by atoms with Crippen LogP contribution in [-0.2, 0) is 14.4 Å². The van der Waals surface area contributed by atoms with Crippen molar-refractivity contribution >= 4 is 35.0 Å². The van der Waals surface area contributed by atoms with Crippen LogP contribution in [0.1, 0.15) is 24.8 Å². The van der Waals surface area contributed by atoms with E-state index in [1.807, 2.05) is 43.5 Å². The highest BCUT2D eigenvalue weighted by Crippen LogP contribution is 2.43. The summed E-state index contributed by atoms with van der Waals surface area (Å²) in [5, 5.41) is 6.46. The molecule has 1 fully saturated rings. The number of allylic oxidation sites excluding steroid dienone is 3. The van der Waals surface area contributed by atoms with Crippen molar-refractivity contribution < 1.29 is 14.4 Å². The molecule has 2 N–H and O–H groups in total. The molecule has 3 aliphatic rings. The number of benzene rings is 1. The van der Waals surface area contributed by atoms with Crippen LogP contribution >= 0.6 is 11.8 Å². The number of piperazine rings is 1. The smallest absolute Gasteiger partial charge is 0.243 e. The normalized spacial score (nSPS) is 29.7. The lowest BCUT2D eigenvalue weighted by Crippen LogP contribution is -2.60. The highest BCUT2D eigenvalue weighted by Gasteiger charge is 2.45. The SMILES string of the molecule is CSC[C@@H]1N/C(=C2\CC=CC2=O)C([C@@H](C)C2C(=O)N(C)c3ccccc32)NC1=O. The van der Waals surface area contributed by atoms with Gasteiger partial charge in [0.1, 0.15) is 6.04 Å². The molecule has 0 saturated carbocycles. The van der Waals surface area contributed by atoms with E-state index in [1.54, 1.807) is 29.8 Å². The van der Waals surface area contributed by atoms with Crippen LogP contribution in [0.4, 0.5) is 5.69 Å². The number of hydrogen-bond donors (Lipinski definition) is 2. The number of para-hydroxylation sites is 1. The van der Waals surface area contributed by atoms with Crippen LogP contribution in [0.2, 0.25) is 0 Å². The number of nitrogens with one attached hydrogen (secondary N) is 2. The molecule has 0 aromatic heterocycles. The van der Waals surface area contributed by atoms with E-state index in [-0.39, 0.29) is 29.4 Å². The van der Waals surface area contributed by atoms with Crippen LogP contribution in [0.3, 0.4) is 0 Å². The molecule has 1 aromatic rings. The Morgan fingerprint density at radius 3 is 2.66 bits per heavy atom. The standard InChI is InChI=1S/C22H25N3O3S/c1-12(18-13-7-4-5-9-16(13)25(2)22(18)28)19-20(14-8-6-10-17(14)26)23-15(11-29-3)21(27)24-19/h4-7,9-10,12,15,18-19,23H,8,11H2,1-3H3,(H,24,27)/b20-14+/t12-,15-,18?,19?/m0/s1. The predicted octanol–water partition coefficient (Wildman–Crippen LogP) is 1.99. The molecule has 152 valence electrons. The zero-order valence-electron chi connectivity index (χ0n) is 16.8. The lowest BCUT2D eigenvalue weighted by atomic mass is 9.80. The third kappa shape index (κ3) is 3.27. The maximum atomic E-state index is 13.1. The van der Waals surface area contributed by atoms with Crippen LogP contribution in [0.25, 0.3) is 0 Å². The molecule has 2 unspecified atom stereocenters. The summed E-state index contributed by atoms with van der Waals surface area (Å²) in [6.07, 6.45) is 5.91. The Labute approximate surface area is 174 Å². The van der Waals surface area contributed by atoms with E-state index in [0.29, 0.717) is 17.7 Å². The van der Waals surface area contributed by atoms with Crippen LogP contribution < -0.4 is 15.5 Å². The number of ketones is 1. The molecular weight excluding hydrogens is 386 g/mol. The maximum absolute atomic E-state index is 13.1. The monoisotopic (exact) mass is 411 g/mol. The minimum atomic E-state index is -0.423. The summed E-state index contributed by atoms with van der Waals surface area (Å²) < 4.78 is 0. The van der Waals surface area contributed by atoms with Gasteiger partial charge >= 0.3 is 0 Å². The van der Waals surface area contributed by atoms with Crippen molar-refractivity contribution in [2.45, 2.75) is 31.3 Å². The van der Waals surface area contributed by atoms with Gasteiger partial charge in [0.25, 0.3) is 0 Å². The quantitative estimate of drug-likeness (QED) is 0.741. The van der Waals surface area contributed by atoms with E-state index >= 15 is 0 Å². The third-order valence-electron chi connectivity index (χ3n) is 6.08. The zero-order valence-corrected chi connectivity index (χ0v) is 17.6. The van der Waals surface area contributed by atoms with Gasteiger partial charge in [0, 0.05) is 29.8 Å². The number of carbonyl (C=O) groups is 3. The molecule has 1 aliphatic carbocycles. The van der Waals surface area contributed by atoms with E-state index in [9.17, 15) is 14.4 Å². The molecular formula is C22H25N3O3S. The maximum Gasteiger partial charge on any atom is 0.243 e. The van der Waals surface area contributed by atoms with Crippen LogP contribution in [-0.4, -0.2) is 48.7 Å². The first-order chi connectivity index (χ1) is 13.9. The second-order valence-corrected chi connectivity index (χ2v) is 8.71. The van der Waals surface area contributed by atoms with Crippen molar-refractivity contribution in [1.82, 2.24) is 10.6 Å². The molecule has 2 heterocycles. The van der Waals surface area contributed by atoms with Crippen molar-refractivity contribution in [3.05, 3.63) is 53.3 Å². The summed E-state index contributed by atoms with van der Waals surface area (Å²) >= 11 is 1.58. The number of fused-ring (bicyclic) bond motifs is 1. The topological polar surface area (TPSA) is 78.5 Å². The van der Waals surface area contributed by atoms with E-state index < -0.39 is 12.1 Å². The van der Waals surface area contributed by atoms with Gasteiger partial charge in [-0.2, -0.15) is 11.8 Å². The molecule has 6 nitrogen and oxygen atoms in total. The first-order valence-corrected chi connectivity index (χ1v) is 11.2. The molecule has 1 aromatic carbocycles. The molecule has 4 rings (SSSR count). The second kappa shape index (κ2) is 7.71. The van der Waals surface area contributed by atoms with Crippen LogP contribution in [0.15, 0.2) is 47.7 Å². The lowest BCUT2D eigenvalue weighted by Gasteiger charge is -2.39. The summed E-state index contributed by atoms with van der Waals surface area (Å²) in [5.41, 5.74) is 3.30. The first kappa shape index (κ1) is 19.8. The van der Waals surface area contributed by atoms with Gasteiger partial charge < -0.3 is 15.5 Å². The Kier molecular flexibility index (Phi) is 5.25. The minimum Gasteiger partial charge on any atom is -0.374 e. The molecule has 1 saturated heterocycles. The van der Waals surface area contributed by atoms with Gasteiger partial charge in [-0.15, -0.1) is 0 Å². The molecule has 4 atom stereocenters. The summed E-state index contributed by atoms with van der Waals surface area (Å²) in [5.74, 6) is -0.0830. The first-order valence-electron chi connectivity index (χ1n) is 9.80. The van der Waals surface area contributed by atoms with E-state index in [4.69, 9.17) is 0 Å². The summed E-state index contributed by atoms with van der Waals surface area (Å²) in [6.45, 7) is 1.98. The fourth-order valence-corrected chi connectivity index (χ4v) is 5.13. The largest absolute Gasteiger partial charge is 0.374 e. The summed E-state index contributed by atoms with van der Waals surface area (Å²) in [4.78, 5) is 39.9. The average molecular weight is 412 g/mol. The third-order valence-corrected chi connectivity index (χ3v) is 6.75. The van der Waals surface area contributed by atoms with Gasteiger partial charge in [-0.05, 0) is 36.3 Å². The molecule has 0 radical (unpaired) electrons. The van der Waals surface area contributed by atoms with E-state index in [2.05, 4.69) is 10.6 Å². The number of hydrogen-bond acceptors (Lipinski definition) is 5. The van der Waals surface area contributed by atoms with Crippen LogP contribution in [0, 0.1) is 5.92 Å². The Morgan fingerprint density at radius 2 is 1.97 bits per heavy atom. The Hall–Kier alpha value is -2.54. The molecule has 29 heavy (non-hydrogen) atoms. The number of thioether (sulfide) groups is 1. The number of carbonyl (C=O) groups excluding carboxylic acids is 3. The highest BCUT2D eigenvalue weighted by atomic mass is 32.2. The van der Waals surface area contributed by atoms with Gasteiger partial charge in [-0.1, -0.05) is 31.2 Å². The Balaban J connectivity index is 1.73.